The van der Waals surface area contributed by atoms with Crippen molar-refractivity contribution in [2.24, 2.45) is 5.92 Å². The van der Waals surface area contributed by atoms with E-state index in [0.717, 1.165) is 11.3 Å². The molecule has 0 spiro atoms. The zero-order valence-electron chi connectivity index (χ0n) is 13.7. The van der Waals surface area contributed by atoms with Gasteiger partial charge in [0.25, 0.3) is 0 Å². The third-order valence-corrected chi connectivity index (χ3v) is 5.72. The molecular formula is C15H23N3O4S. The Kier molecular flexibility index (Phi) is 5.59. The molecule has 1 aromatic rings. The van der Waals surface area contributed by atoms with Crippen molar-refractivity contribution in [3.05, 3.63) is 23.5 Å². The number of piperidine rings is 1. The van der Waals surface area contributed by atoms with Crippen LogP contribution in [-0.4, -0.2) is 43.9 Å². The van der Waals surface area contributed by atoms with Gasteiger partial charge in [0.15, 0.2) is 0 Å². The molecule has 1 N–H and O–H groups in total. The molecule has 0 amide bonds. The van der Waals surface area contributed by atoms with Crippen LogP contribution in [0.15, 0.2) is 12.3 Å². The zero-order chi connectivity index (χ0) is 17.0. The van der Waals surface area contributed by atoms with E-state index in [-0.39, 0.29) is 11.9 Å². The number of esters is 1. The molecule has 0 radical (unpaired) electrons. The summed E-state index contributed by atoms with van der Waals surface area (Å²) in [6.07, 6.45) is 3.17. The van der Waals surface area contributed by atoms with Crippen molar-refractivity contribution in [1.29, 1.82) is 0 Å². The highest BCUT2D eigenvalue weighted by atomic mass is 32.2. The summed E-state index contributed by atoms with van der Waals surface area (Å²) in [6.45, 7) is 4.56. The first-order valence-corrected chi connectivity index (χ1v) is 9.04. The largest absolute Gasteiger partial charge is 0.469 e. The first-order valence-electron chi connectivity index (χ1n) is 7.60. The number of methoxy groups -OCH3 is 1. The maximum Gasteiger partial charge on any atom is 0.305 e. The van der Waals surface area contributed by atoms with E-state index in [2.05, 4.69) is 14.4 Å². The van der Waals surface area contributed by atoms with Gasteiger partial charge in [0.05, 0.1) is 19.0 Å². The lowest BCUT2D eigenvalue weighted by atomic mass is 9.95. The summed E-state index contributed by atoms with van der Waals surface area (Å²) >= 11 is 0. The average Bonchev–Trinajstić information content (AvgIpc) is 2.51. The third kappa shape index (κ3) is 4.65. The van der Waals surface area contributed by atoms with Gasteiger partial charge in [-0.2, -0.15) is 12.7 Å². The summed E-state index contributed by atoms with van der Waals surface area (Å²) in [5.74, 6) is -0.0668. The van der Waals surface area contributed by atoms with Crippen LogP contribution in [0, 0.1) is 19.8 Å². The second-order valence-electron chi connectivity index (χ2n) is 5.86. The predicted molar refractivity (Wildman–Crippen MR) is 87.2 cm³/mol. The third-order valence-electron chi connectivity index (χ3n) is 4.18. The standard InChI is InChI=1S/C15H23N3O4S/c1-11-8-14(10-16-12(11)2)17-23(20,21)18-6-4-13(5-7-18)9-15(19)22-3/h8,10,13,17H,4-7,9H2,1-3H3. The maximum atomic E-state index is 12.4. The van der Waals surface area contributed by atoms with Gasteiger partial charge in [-0.05, 0) is 44.2 Å². The van der Waals surface area contributed by atoms with E-state index in [1.807, 2.05) is 13.8 Å². The van der Waals surface area contributed by atoms with E-state index in [0.29, 0.717) is 38.0 Å². The number of aryl methyl sites for hydroxylation is 2. The molecule has 0 aromatic carbocycles. The number of anilines is 1. The molecule has 23 heavy (non-hydrogen) atoms. The smallest absolute Gasteiger partial charge is 0.305 e. The maximum absolute atomic E-state index is 12.4. The lowest BCUT2D eigenvalue weighted by Crippen LogP contribution is -2.42. The number of aromatic nitrogens is 1. The Labute approximate surface area is 137 Å². The summed E-state index contributed by atoms with van der Waals surface area (Å²) in [7, 11) is -2.23. The van der Waals surface area contributed by atoms with Gasteiger partial charge in [0, 0.05) is 25.2 Å². The number of ether oxygens (including phenoxy) is 1. The van der Waals surface area contributed by atoms with Crippen LogP contribution in [0.25, 0.3) is 0 Å². The molecule has 2 heterocycles. The van der Waals surface area contributed by atoms with Gasteiger partial charge in [-0.15, -0.1) is 0 Å². The van der Waals surface area contributed by atoms with E-state index in [9.17, 15) is 13.2 Å². The molecule has 0 bridgehead atoms. The minimum atomic E-state index is -3.60. The van der Waals surface area contributed by atoms with Crippen LogP contribution in [0.1, 0.15) is 30.5 Å². The fourth-order valence-electron chi connectivity index (χ4n) is 2.59. The van der Waals surface area contributed by atoms with Crippen molar-refractivity contribution < 1.29 is 17.9 Å². The van der Waals surface area contributed by atoms with Crippen molar-refractivity contribution in [3.8, 4) is 0 Å². The van der Waals surface area contributed by atoms with Gasteiger partial charge in [-0.1, -0.05) is 0 Å². The highest BCUT2D eigenvalue weighted by Crippen LogP contribution is 2.24. The van der Waals surface area contributed by atoms with Gasteiger partial charge in [-0.25, -0.2) is 0 Å². The van der Waals surface area contributed by atoms with Crippen molar-refractivity contribution in [2.75, 3.05) is 24.9 Å². The highest BCUT2D eigenvalue weighted by molar-refractivity contribution is 7.90. The van der Waals surface area contributed by atoms with Crippen LogP contribution < -0.4 is 4.72 Å². The molecular weight excluding hydrogens is 318 g/mol. The molecule has 0 saturated carbocycles. The minimum absolute atomic E-state index is 0.178. The SMILES string of the molecule is COC(=O)CC1CCN(S(=O)(=O)Nc2cnc(C)c(C)c2)CC1. The second kappa shape index (κ2) is 7.27. The monoisotopic (exact) mass is 341 g/mol. The number of rotatable bonds is 5. The Balaban J connectivity index is 1.96. The Morgan fingerprint density at radius 1 is 1.39 bits per heavy atom. The van der Waals surface area contributed by atoms with Gasteiger partial charge in [0.1, 0.15) is 0 Å². The highest BCUT2D eigenvalue weighted by Gasteiger charge is 2.29. The van der Waals surface area contributed by atoms with Crippen LogP contribution in [0.5, 0.6) is 0 Å². The molecule has 1 aromatic heterocycles. The number of carbonyl (C=O) groups is 1. The van der Waals surface area contributed by atoms with E-state index < -0.39 is 10.2 Å². The Morgan fingerprint density at radius 3 is 2.61 bits per heavy atom. The molecule has 1 saturated heterocycles. The lowest BCUT2D eigenvalue weighted by molar-refractivity contribution is -0.142. The molecule has 1 fully saturated rings. The van der Waals surface area contributed by atoms with Crippen molar-refractivity contribution in [3.63, 3.8) is 0 Å². The molecule has 1 aliphatic rings. The van der Waals surface area contributed by atoms with E-state index >= 15 is 0 Å². The molecule has 7 nitrogen and oxygen atoms in total. The molecule has 8 heteroatoms. The number of nitrogens with one attached hydrogen (secondary N) is 1. The second-order valence-corrected chi connectivity index (χ2v) is 7.53. The van der Waals surface area contributed by atoms with Crippen LogP contribution >= 0.6 is 0 Å². The number of hydrogen-bond donors (Lipinski definition) is 1. The van der Waals surface area contributed by atoms with Crippen LogP contribution in [0.3, 0.4) is 0 Å². The zero-order valence-corrected chi connectivity index (χ0v) is 14.5. The fourth-order valence-corrected chi connectivity index (χ4v) is 3.82. The van der Waals surface area contributed by atoms with Crippen molar-refractivity contribution in [2.45, 2.75) is 33.1 Å². The van der Waals surface area contributed by atoms with E-state index in [1.165, 1.54) is 17.6 Å². The molecule has 1 aliphatic heterocycles. The Morgan fingerprint density at radius 2 is 2.04 bits per heavy atom. The quantitative estimate of drug-likeness (QED) is 0.822. The normalized spacial score (nSPS) is 17.0. The minimum Gasteiger partial charge on any atom is -0.469 e. The Bertz CT molecular complexity index is 667. The molecule has 2 rings (SSSR count). The Hall–Kier alpha value is -1.67. The fraction of sp³-hybridized carbons (Fsp3) is 0.600. The number of nitrogens with zero attached hydrogens (tertiary/aromatic N) is 2. The van der Waals surface area contributed by atoms with E-state index in [4.69, 9.17) is 0 Å². The number of hydrogen-bond acceptors (Lipinski definition) is 5. The van der Waals surface area contributed by atoms with Crippen molar-refractivity contribution in [1.82, 2.24) is 9.29 Å². The van der Waals surface area contributed by atoms with E-state index in [1.54, 1.807) is 6.07 Å². The molecule has 0 aliphatic carbocycles. The van der Waals surface area contributed by atoms with Crippen molar-refractivity contribution >= 4 is 21.9 Å². The summed E-state index contributed by atoms with van der Waals surface area (Å²) in [5.41, 5.74) is 2.27. The first kappa shape index (κ1) is 17.7. The first-order chi connectivity index (χ1) is 10.8. The lowest BCUT2D eigenvalue weighted by Gasteiger charge is -2.30. The van der Waals surface area contributed by atoms with Gasteiger partial charge >= 0.3 is 16.2 Å². The van der Waals surface area contributed by atoms with Gasteiger partial charge in [-0.3, -0.25) is 14.5 Å². The van der Waals surface area contributed by atoms with Crippen LogP contribution in [0.2, 0.25) is 0 Å². The topological polar surface area (TPSA) is 88.6 Å². The van der Waals surface area contributed by atoms with Crippen LogP contribution in [0.4, 0.5) is 5.69 Å². The number of pyridine rings is 1. The predicted octanol–water partition coefficient (Wildman–Crippen LogP) is 1.63. The summed E-state index contributed by atoms with van der Waals surface area (Å²) in [5, 5.41) is 0. The molecule has 128 valence electrons. The van der Waals surface area contributed by atoms with Gasteiger partial charge < -0.3 is 4.74 Å². The summed E-state index contributed by atoms with van der Waals surface area (Å²) in [6, 6.07) is 1.77. The summed E-state index contributed by atoms with van der Waals surface area (Å²) < 4.78 is 33.5. The molecule has 0 unspecified atom stereocenters. The average molecular weight is 341 g/mol. The molecule has 0 atom stereocenters. The summed E-state index contributed by atoms with van der Waals surface area (Å²) in [4.78, 5) is 15.5. The van der Waals surface area contributed by atoms with Crippen LogP contribution in [-0.2, 0) is 19.7 Å². The van der Waals surface area contributed by atoms with Gasteiger partial charge in [0.2, 0.25) is 0 Å². The number of carbonyl (C=O) groups excluding carboxylic acids is 1.